The number of hydrogen-bond acceptors (Lipinski definition) is 7. The highest BCUT2D eigenvalue weighted by molar-refractivity contribution is 6.32. The number of rotatable bonds is 4. The normalized spacial score (nSPS) is 13.7. The molecule has 3 rings (SSSR count). The van der Waals surface area contributed by atoms with Crippen molar-refractivity contribution >= 4 is 11.6 Å². The third-order valence-corrected chi connectivity index (χ3v) is 3.91. The van der Waals surface area contributed by atoms with Gasteiger partial charge >= 0.3 is 5.69 Å². The number of aromatic nitrogens is 5. The molecule has 1 atom stereocenters. The molecule has 0 aliphatic rings. The Morgan fingerprint density at radius 2 is 2.14 bits per heavy atom. The van der Waals surface area contributed by atoms with Crippen molar-refractivity contribution in [2.45, 2.75) is 19.7 Å². The number of nitrogens with one attached hydrogen (secondary N) is 2. The molecule has 0 bridgehead atoms. The van der Waals surface area contributed by atoms with Crippen LogP contribution in [0.25, 0.3) is 5.69 Å². The molecule has 10 nitrogen and oxygen atoms in total. The van der Waals surface area contributed by atoms with Crippen molar-refractivity contribution in [1.29, 1.82) is 5.26 Å². The lowest BCUT2D eigenvalue weighted by atomic mass is 10.1. The smallest absolute Gasteiger partial charge is 0.349 e. The van der Waals surface area contributed by atoms with E-state index in [1.807, 2.05) is 4.98 Å². The molecule has 1 unspecified atom stereocenters. The molecule has 0 aliphatic heterocycles. The van der Waals surface area contributed by atoms with E-state index in [-0.39, 0.29) is 16.3 Å². The Labute approximate surface area is 170 Å². The van der Waals surface area contributed by atoms with Gasteiger partial charge < -0.3 is 4.74 Å². The van der Waals surface area contributed by atoms with Gasteiger partial charge in [0.25, 0.3) is 11.1 Å². The molecule has 2 aromatic heterocycles. The van der Waals surface area contributed by atoms with Crippen molar-refractivity contribution in [2.75, 3.05) is 0 Å². The Hall–Kier alpha value is -3.78. The molecule has 0 spiro atoms. The van der Waals surface area contributed by atoms with Crippen LogP contribution in [0.2, 0.25) is 5.02 Å². The van der Waals surface area contributed by atoms with E-state index in [0.29, 0.717) is 4.68 Å². The molecule has 3 aromatic rings. The largest absolute Gasteiger partial charge is 0.433 e. The third kappa shape index (κ3) is 3.92. The number of benzene rings is 1. The number of H-pyrrole nitrogens is 2. The van der Waals surface area contributed by atoms with Crippen LogP contribution in [0.4, 0.5) is 4.39 Å². The summed E-state index contributed by atoms with van der Waals surface area (Å²) >= 11 is 6.09. The predicted molar refractivity (Wildman–Crippen MR) is 99.2 cm³/mol. The van der Waals surface area contributed by atoms with Gasteiger partial charge in [0.15, 0.2) is 11.6 Å². The summed E-state index contributed by atoms with van der Waals surface area (Å²) in [4.78, 5) is 37.0. The van der Waals surface area contributed by atoms with Crippen LogP contribution in [0.3, 0.4) is 0 Å². The van der Waals surface area contributed by atoms with Gasteiger partial charge in [-0.05, 0) is 12.0 Å². The molecular formula is C17H12ClFN6O4. The molecule has 2 N–H and O–H groups in total. The Morgan fingerprint density at radius 1 is 1.38 bits per heavy atom. The van der Waals surface area contributed by atoms with E-state index in [2.05, 4.69) is 15.3 Å². The quantitative estimate of drug-likeness (QED) is 0.650. The lowest BCUT2D eigenvalue weighted by Crippen LogP contribution is -2.33. The predicted octanol–water partition coefficient (Wildman–Crippen LogP) is 1.58. The van der Waals surface area contributed by atoms with Gasteiger partial charge in [-0.2, -0.15) is 9.94 Å². The Balaban J connectivity index is 2.09. The highest BCUT2D eigenvalue weighted by Gasteiger charge is 2.19. The average molecular weight is 422 g/mol. The van der Waals surface area contributed by atoms with Crippen LogP contribution < -0.4 is 21.5 Å². The summed E-state index contributed by atoms with van der Waals surface area (Å²) in [7, 11) is 0. The van der Waals surface area contributed by atoms with E-state index in [1.165, 1.54) is 13.0 Å². The van der Waals surface area contributed by atoms with E-state index < -0.39 is 52.7 Å². The van der Waals surface area contributed by atoms with Crippen molar-refractivity contribution in [3.8, 4) is 23.4 Å². The monoisotopic (exact) mass is 421 g/mol. The van der Waals surface area contributed by atoms with Crippen LogP contribution in [0.15, 0.2) is 32.6 Å². The van der Waals surface area contributed by atoms with E-state index >= 15 is 0 Å². The molecular weight excluding hydrogens is 407 g/mol. The van der Waals surface area contributed by atoms with Gasteiger partial charge in [0.05, 0.1) is 10.7 Å². The Morgan fingerprint density at radius 3 is 2.79 bits per heavy atom. The lowest BCUT2D eigenvalue weighted by Gasteiger charge is -2.14. The minimum atomic E-state index is -2.50. The number of ether oxygens (including phenoxy) is 1. The van der Waals surface area contributed by atoms with Gasteiger partial charge in [-0.1, -0.05) is 25.4 Å². The summed E-state index contributed by atoms with van der Waals surface area (Å²) in [6.07, 6.45) is 0. The molecule has 0 saturated carbocycles. The minimum absolute atomic E-state index is 0.106. The van der Waals surface area contributed by atoms with Crippen molar-refractivity contribution in [2.24, 2.45) is 0 Å². The van der Waals surface area contributed by atoms with Gasteiger partial charge in [-0.25, -0.2) is 14.3 Å². The molecule has 0 radical (unpaired) electrons. The zero-order valence-corrected chi connectivity index (χ0v) is 15.2. The van der Waals surface area contributed by atoms with E-state index in [9.17, 15) is 18.8 Å². The summed E-state index contributed by atoms with van der Waals surface area (Å²) in [6, 6.07) is 4.30. The van der Waals surface area contributed by atoms with E-state index in [4.69, 9.17) is 25.7 Å². The van der Waals surface area contributed by atoms with Gasteiger partial charge in [0, 0.05) is 21.8 Å². The number of halogens is 2. The summed E-state index contributed by atoms with van der Waals surface area (Å²) in [6.45, 7) is -1.19. The first kappa shape index (κ1) is 16.2. The molecule has 0 saturated heterocycles. The lowest BCUT2D eigenvalue weighted by molar-refractivity contribution is 0.413. The molecule has 1 aromatic carbocycles. The minimum Gasteiger partial charge on any atom is -0.433 e. The van der Waals surface area contributed by atoms with Crippen LogP contribution in [0.1, 0.15) is 35.1 Å². The van der Waals surface area contributed by atoms with Crippen LogP contribution in [0.5, 0.6) is 11.6 Å². The van der Waals surface area contributed by atoms with Gasteiger partial charge in [0.1, 0.15) is 6.07 Å². The van der Waals surface area contributed by atoms with Gasteiger partial charge in [-0.3, -0.25) is 14.6 Å². The zero-order chi connectivity index (χ0) is 23.8. The molecule has 2 heterocycles. The SMILES string of the molecule is [2H]C([2H])([2H])C(C)c1cc(=O)[nH]nc1Oc1c(F)cc(-n2nc(C#N)c(=O)[nH]c2=O)cc1Cl. The highest BCUT2D eigenvalue weighted by Crippen LogP contribution is 2.35. The molecule has 0 aliphatic carbocycles. The van der Waals surface area contributed by atoms with E-state index in [1.54, 1.807) is 0 Å². The average Bonchev–Trinajstić information content (AvgIpc) is 2.70. The van der Waals surface area contributed by atoms with E-state index in [0.717, 1.165) is 18.2 Å². The van der Waals surface area contributed by atoms with Crippen LogP contribution >= 0.6 is 11.6 Å². The molecule has 0 fully saturated rings. The Bertz CT molecular complexity index is 1400. The van der Waals surface area contributed by atoms with Crippen LogP contribution in [-0.4, -0.2) is 25.0 Å². The Kier molecular flexibility index (Phi) is 4.29. The summed E-state index contributed by atoms with van der Waals surface area (Å²) in [5.41, 5.74) is -3.73. The second-order valence-electron chi connectivity index (χ2n) is 5.69. The summed E-state index contributed by atoms with van der Waals surface area (Å²) in [5, 5.41) is 17.8. The summed E-state index contributed by atoms with van der Waals surface area (Å²) < 4.78 is 43.4. The first-order valence-corrected chi connectivity index (χ1v) is 8.20. The highest BCUT2D eigenvalue weighted by atomic mass is 35.5. The first-order valence-electron chi connectivity index (χ1n) is 9.33. The third-order valence-electron chi connectivity index (χ3n) is 3.63. The maximum atomic E-state index is 14.8. The molecule has 0 amide bonds. The number of nitriles is 1. The molecule has 12 heteroatoms. The molecule has 29 heavy (non-hydrogen) atoms. The number of nitrogens with zero attached hydrogens (tertiary/aromatic N) is 4. The van der Waals surface area contributed by atoms with Crippen LogP contribution in [0, 0.1) is 17.1 Å². The maximum absolute atomic E-state index is 14.8. The number of aromatic amines is 2. The van der Waals surface area contributed by atoms with Gasteiger partial charge in [0.2, 0.25) is 11.6 Å². The summed E-state index contributed by atoms with van der Waals surface area (Å²) in [5.74, 6) is -3.26. The fourth-order valence-electron chi connectivity index (χ4n) is 2.31. The van der Waals surface area contributed by atoms with Crippen LogP contribution in [-0.2, 0) is 0 Å². The van der Waals surface area contributed by atoms with Crippen molar-refractivity contribution in [3.63, 3.8) is 0 Å². The van der Waals surface area contributed by atoms with Crippen molar-refractivity contribution in [3.05, 3.63) is 71.5 Å². The maximum Gasteiger partial charge on any atom is 0.349 e. The molecule has 148 valence electrons. The first-order chi connectivity index (χ1) is 14.9. The van der Waals surface area contributed by atoms with Gasteiger partial charge in [-0.15, -0.1) is 10.2 Å². The zero-order valence-electron chi connectivity index (χ0n) is 17.5. The fraction of sp³-hybridized carbons (Fsp3) is 0.176. The standard InChI is InChI=1S/C17H12ClFN6O4/c1-7(2)9-5-13(26)22-23-16(9)29-14-10(18)3-8(4-11(14)19)25-17(28)21-15(27)12(6-20)24-25/h3-5,7H,1-2H3,(H,22,26)(H,21,27,28)/i1D3. The second kappa shape index (κ2) is 7.69. The topological polar surface area (TPSA) is 147 Å². The van der Waals surface area contributed by atoms with Crippen molar-refractivity contribution in [1.82, 2.24) is 25.0 Å². The van der Waals surface area contributed by atoms with Crippen molar-refractivity contribution < 1.29 is 13.2 Å². The number of hydrogen-bond donors (Lipinski definition) is 2. The second-order valence-corrected chi connectivity index (χ2v) is 6.09. The fourth-order valence-corrected chi connectivity index (χ4v) is 2.55.